The number of methoxy groups -OCH3 is 1. The lowest BCUT2D eigenvalue weighted by Gasteiger charge is -2.20. The number of hydrogen-bond acceptors (Lipinski definition) is 2. The van der Waals surface area contributed by atoms with Gasteiger partial charge in [0.05, 0.1) is 12.1 Å². The standard InChI is InChI=1S/C11H14ClF2NO/c1-11(2,15)5-6-4-7(12)9(14)10(16-3)8(6)13/h4H,5,15H2,1-3H3. The molecule has 0 aliphatic carbocycles. The molecular weight excluding hydrogens is 236 g/mol. The second-order valence-corrected chi connectivity index (χ2v) is 4.75. The highest BCUT2D eigenvalue weighted by Crippen LogP contribution is 2.31. The Morgan fingerprint density at radius 1 is 1.38 bits per heavy atom. The van der Waals surface area contributed by atoms with Crippen molar-refractivity contribution in [1.82, 2.24) is 0 Å². The quantitative estimate of drug-likeness (QED) is 0.836. The van der Waals surface area contributed by atoms with E-state index in [-0.39, 0.29) is 17.0 Å². The molecule has 2 N–H and O–H groups in total. The highest BCUT2D eigenvalue weighted by atomic mass is 35.5. The van der Waals surface area contributed by atoms with E-state index in [1.54, 1.807) is 13.8 Å². The topological polar surface area (TPSA) is 35.2 Å². The van der Waals surface area contributed by atoms with Gasteiger partial charge < -0.3 is 10.5 Å². The number of rotatable bonds is 3. The zero-order chi connectivity index (χ0) is 12.5. The van der Waals surface area contributed by atoms with Gasteiger partial charge in [0, 0.05) is 5.54 Å². The molecule has 5 heteroatoms. The Morgan fingerprint density at radius 2 is 1.94 bits per heavy atom. The van der Waals surface area contributed by atoms with Crippen molar-refractivity contribution < 1.29 is 13.5 Å². The van der Waals surface area contributed by atoms with E-state index in [4.69, 9.17) is 17.3 Å². The third-order valence-corrected chi connectivity index (χ3v) is 2.32. The molecule has 0 saturated heterocycles. The van der Waals surface area contributed by atoms with Crippen LogP contribution in [0.1, 0.15) is 19.4 Å². The van der Waals surface area contributed by atoms with Crippen molar-refractivity contribution in [3.05, 3.63) is 28.3 Å². The van der Waals surface area contributed by atoms with E-state index < -0.39 is 22.9 Å². The smallest absolute Gasteiger partial charge is 0.192 e. The zero-order valence-corrected chi connectivity index (χ0v) is 10.2. The Morgan fingerprint density at radius 3 is 2.38 bits per heavy atom. The molecule has 0 heterocycles. The third-order valence-electron chi connectivity index (χ3n) is 2.04. The van der Waals surface area contributed by atoms with Crippen LogP contribution in [0, 0.1) is 11.6 Å². The lowest BCUT2D eigenvalue weighted by Crippen LogP contribution is -2.34. The van der Waals surface area contributed by atoms with Crippen molar-refractivity contribution in [3.63, 3.8) is 0 Å². The molecular formula is C11H14ClF2NO. The molecule has 0 spiro atoms. The molecule has 0 aliphatic heterocycles. The van der Waals surface area contributed by atoms with E-state index in [0.717, 1.165) is 0 Å². The minimum absolute atomic E-state index is 0.169. The Hall–Kier alpha value is -0.870. The molecule has 1 rings (SSSR count). The van der Waals surface area contributed by atoms with Crippen LogP contribution in [0.15, 0.2) is 6.07 Å². The van der Waals surface area contributed by atoms with E-state index in [9.17, 15) is 8.78 Å². The summed E-state index contributed by atoms with van der Waals surface area (Å²) in [6.45, 7) is 3.49. The summed E-state index contributed by atoms with van der Waals surface area (Å²) in [4.78, 5) is 0. The van der Waals surface area contributed by atoms with Crippen LogP contribution in [-0.2, 0) is 6.42 Å². The maximum atomic E-state index is 13.8. The van der Waals surface area contributed by atoms with Crippen molar-refractivity contribution in [3.8, 4) is 5.75 Å². The minimum atomic E-state index is -0.889. The zero-order valence-electron chi connectivity index (χ0n) is 9.40. The SMILES string of the molecule is COc1c(F)c(Cl)cc(CC(C)(C)N)c1F. The highest BCUT2D eigenvalue weighted by molar-refractivity contribution is 6.31. The second kappa shape index (κ2) is 4.55. The van der Waals surface area contributed by atoms with Gasteiger partial charge in [-0.2, -0.15) is 0 Å². The second-order valence-electron chi connectivity index (χ2n) is 4.34. The van der Waals surface area contributed by atoms with Crippen molar-refractivity contribution in [2.45, 2.75) is 25.8 Å². The maximum absolute atomic E-state index is 13.8. The number of hydrogen-bond donors (Lipinski definition) is 1. The lowest BCUT2D eigenvalue weighted by molar-refractivity contribution is 0.355. The lowest BCUT2D eigenvalue weighted by atomic mass is 9.95. The van der Waals surface area contributed by atoms with Crippen molar-refractivity contribution in [1.29, 1.82) is 0 Å². The molecule has 0 radical (unpaired) electrons. The molecule has 1 aromatic rings. The van der Waals surface area contributed by atoms with Crippen molar-refractivity contribution in [2.24, 2.45) is 5.73 Å². The number of halogens is 3. The molecule has 0 bridgehead atoms. The van der Waals surface area contributed by atoms with Crippen LogP contribution in [0.4, 0.5) is 8.78 Å². The largest absolute Gasteiger partial charge is 0.491 e. The van der Waals surface area contributed by atoms with Crippen molar-refractivity contribution in [2.75, 3.05) is 7.11 Å². The van der Waals surface area contributed by atoms with Crippen LogP contribution >= 0.6 is 11.6 Å². The van der Waals surface area contributed by atoms with Gasteiger partial charge in [-0.05, 0) is 31.9 Å². The maximum Gasteiger partial charge on any atom is 0.192 e. The summed E-state index contributed by atoms with van der Waals surface area (Å²) >= 11 is 5.64. The summed E-state index contributed by atoms with van der Waals surface area (Å²) in [6, 6.07) is 1.24. The van der Waals surface area contributed by atoms with Gasteiger partial charge in [0.1, 0.15) is 0 Å². The molecule has 0 saturated carbocycles. The number of ether oxygens (including phenoxy) is 1. The normalized spacial score (nSPS) is 11.7. The monoisotopic (exact) mass is 249 g/mol. The first-order chi connectivity index (χ1) is 7.26. The molecule has 2 nitrogen and oxygen atoms in total. The fraction of sp³-hybridized carbons (Fsp3) is 0.455. The number of nitrogens with two attached hydrogens (primary N) is 1. The predicted molar refractivity (Wildman–Crippen MR) is 59.9 cm³/mol. The van der Waals surface area contributed by atoms with Gasteiger partial charge in [-0.3, -0.25) is 0 Å². The van der Waals surface area contributed by atoms with Gasteiger partial charge in [-0.1, -0.05) is 11.6 Å². The van der Waals surface area contributed by atoms with Gasteiger partial charge in [0.25, 0.3) is 0 Å². The average molecular weight is 250 g/mol. The first-order valence-electron chi connectivity index (χ1n) is 4.75. The molecule has 0 atom stereocenters. The fourth-order valence-corrected chi connectivity index (χ4v) is 1.65. The Labute approximate surface area is 98.3 Å². The molecule has 0 aliphatic rings. The van der Waals surface area contributed by atoms with Gasteiger partial charge >= 0.3 is 0 Å². The molecule has 0 aromatic heterocycles. The van der Waals surface area contributed by atoms with Crippen LogP contribution in [0.5, 0.6) is 5.75 Å². The van der Waals surface area contributed by atoms with E-state index in [1.807, 2.05) is 0 Å². The third kappa shape index (κ3) is 2.83. The van der Waals surface area contributed by atoms with Gasteiger partial charge in [0.15, 0.2) is 17.4 Å². The molecule has 90 valence electrons. The van der Waals surface area contributed by atoms with Crippen LogP contribution in [0.25, 0.3) is 0 Å². The Bertz CT molecular complexity index is 402. The Kier molecular flexibility index (Phi) is 3.76. The summed E-state index contributed by atoms with van der Waals surface area (Å²) in [7, 11) is 1.19. The molecule has 16 heavy (non-hydrogen) atoms. The predicted octanol–water partition coefficient (Wildman–Crippen LogP) is 2.91. The average Bonchev–Trinajstić information content (AvgIpc) is 2.13. The van der Waals surface area contributed by atoms with Gasteiger partial charge in [-0.15, -0.1) is 0 Å². The summed E-state index contributed by atoms with van der Waals surface area (Å²) in [5.41, 5.74) is 5.41. The number of benzene rings is 1. The molecule has 0 fully saturated rings. The molecule has 1 aromatic carbocycles. The van der Waals surface area contributed by atoms with Crippen molar-refractivity contribution >= 4 is 11.6 Å². The van der Waals surface area contributed by atoms with Crippen LogP contribution in [0.2, 0.25) is 5.02 Å². The van der Waals surface area contributed by atoms with E-state index >= 15 is 0 Å². The summed E-state index contributed by atoms with van der Waals surface area (Å²) in [5.74, 6) is -2.10. The van der Waals surface area contributed by atoms with E-state index in [2.05, 4.69) is 4.74 Å². The summed E-state index contributed by atoms with van der Waals surface area (Å²) in [6.07, 6.45) is 0.245. The highest BCUT2D eigenvalue weighted by Gasteiger charge is 2.22. The van der Waals surface area contributed by atoms with E-state index in [1.165, 1.54) is 13.2 Å². The van der Waals surface area contributed by atoms with Crippen LogP contribution < -0.4 is 10.5 Å². The summed E-state index contributed by atoms with van der Waals surface area (Å²) < 4.78 is 31.7. The van der Waals surface area contributed by atoms with E-state index in [0.29, 0.717) is 0 Å². The Balaban J connectivity index is 3.26. The van der Waals surface area contributed by atoms with Gasteiger partial charge in [-0.25, -0.2) is 8.78 Å². The van der Waals surface area contributed by atoms with Gasteiger partial charge in [0.2, 0.25) is 0 Å². The van der Waals surface area contributed by atoms with Crippen LogP contribution in [0.3, 0.4) is 0 Å². The minimum Gasteiger partial charge on any atom is -0.491 e. The van der Waals surface area contributed by atoms with Crippen LogP contribution in [-0.4, -0.2) is 12.6 Å². The molecule has 0 amide bonds. The fourth-order valence-electron chi connectivity index (χ4n) is 1.43. The molecule has 0 unspecified atom stereocenters. The summed E-state index contributed by atoms with van der Waals surface area (Å²) in [5, 5.41) is -0.169. The first-order valence-corrected chi connectivity index (χ1v) is 5.13. The first kappa shape index (κ1) is 13.2.